The van der Waals surface area contributed by atoms with Crippen molar-refractivity contribution in [3.05, 3.63) is 47.8 Å². The number of amides is 1. The molecule has 218 valence electrons. The minimum absolute atomic E-state index is 0.0140. The fourth-order valence-electron chi connectivity index (χ4n) is 6.61. The summed E-state index contributed by atoms with van der Waals surface area (Å²) in [4.78, 5) is 24.2. The van der Waals surface area contributed by atoms with Crippen LogP contribution in [0.5, 0.6) is 5.88 Å². The molecule has 0 bridgehead atoms. The number of nitrogens with one attached hydrogen (secondary N) is 1. The lowest BCUT2D eigenvalue weighted by atomic mass is 9.85. The molecular formula is C30H38N6O4S. The van der Waals surface area contributed by atoms with E-state index in [1.165, 1.54) is 49.2 Å². The summed E-state index contributed by atoms with van der Waals surface area (Å²) in [5.74, 6) is 1.89. The van der Waals surface area contributed by atoms with Crippen molar-refractivity contribution < 1.29 is 17.9 Å². The summed E-state index contributed by atoms with van der Waals surface area (Å²) in [5.41, 5.74) is 3.47. The van der Waals surface area contributed by atoms with Crippen molar-refractivity contribution in [3.63, 3.8) is 0 Å². The van der Waals surface area contributed by atoms with Crippen molar-refractivity contribution in [1.82, 2.24) is 24.6 Å². The van der Waals surface area contributed by atoms with E-state index in [0.717, 1.165) is 23.1 Å². The van der Waals surface area contributed by atoms with E-state index in [0.29, 0.717) is 37.0 Å². The molecule has 6 rings (SSSR count). The number of rotatable bonds is 8. The fourth-order valence-corrected chi connectivity index (χ4v) is 7.53. The number of aryl methyl sites for hydroxylation is 3. The Hall–Kier alpha value is -3.47. The predicted octanol–water partition coefficient (Wildman–Crippen LogP) is 4.49. The summed E-state index contributed by atoms with van der Waals surface area (Å²) in [6.07, 6.45) is 10.6. The number of carbonyl (C=O) groups is 1. The Labute approximate surface area is 241 Å². The van der Waals surface area contributed by atoms with Crippen LogP contribution in [0.25, 0.3) is 11.3 Å². The number of ether oxygens (including phenoxy) is 1. The molecule has 0 spiro atoms. The standard InChI is InChI=1S/C30H38N6O4S/c1-19-8-7-9-20(2)28(19)26-15-27(33-30(32-26)34-41(38,39)23-16-31-35(3)18-23)40-22-12-13-36(17-22)29(37)25-14-24(25)21-10-5-4-6-11-21/h7-9,15-16,18,21-22,24-25H,4-6,10-14,17H2,1-3H3,(H,32,33,34). The number of benzene rings is 1. The summed E-state index contributed by atoms with van der Waals surface area (Å²) in [6.45, 7) is 5.14. The Morgan fingerprint density at radius 2 is 1.83 bits per heavy atom. The molecule has 1 saturated heterocycles. The van der Waals surface area contributed by atoms with Gasteiger partial charge in [-0.05, 0) is 43.2 Å². The fraction of sp³-hybridized carbons (Fsp3) is 0.533. The van der Waals surface area contributed by atoms with Crippen LogP contribution in [0, 0.1) is 31.6 Å². The zero-order valence-corrected chi connectivity index (χ0v) is 24.7. The Balaban J connectivity index is 1.20. The van der Waals surface area contributed by atoms with Crippen molar-refractivity contribution in [3.8, 4) is 17.1 Å². The Morgan fingerprint density at radius 1 is 1.07 bits per heavy atom. The van der Waals surface area contributed by atoms with Gasteiger partial charge in [-0.25, -0.2) is 18.1 Å². The van der Waals surface area contributed by atoms with Crippen LogP contribution in [0.15, 0.2) is 41.6 Å². The van der Waals surface area contributed by atoms with Gasteiger partial charge in [-0.1, -0.05) is 50.3 Å². The van der Waals surface area contributed by atoms with Crippen molar-refractivity contribution >= 4 is 21.9 Å². The lowest BCUT2D eigenvalue weighted by molar-refractivity contribution is -0.132. The highest BCUT2D eigenvalue weighted by atomic mass is 32.2. The van der Waals surface area contributed by atoms with Crippen molar-refractivity contribution in [2.75, 3.05) is 17.8 Å². The van der Waals surface area contributed by atoms with Gasteiger partial charge in [0.1, 0.15) is 11.0 Å². The molecule has 0 radical (unpaired) electrons. The Kier molecular flexibility index (Phi) is 7.48. The van der Waals surface area contributed by atoms with E-state index in [-0.39, 0.29) is 34.7 Å². The molecule has 3 unspecified atom stereocenters. The van der Waals surface area contributed by atoms with E-state index in [2.05, 4.69) is 19.8 Å². The molecule has 3 aliphatic rings. The Bertz CT molecular complexity index is 1530. The van der Waals surface area contributed by atoms with Crippen LogP contribution in [-0.2, 0) is 21.9 Å². The molecule has 1 amide bonds. The first-order valence-electron chi connectivity index (χ1n) is 14.6. The van der Waals surface area contributed by atoms with E-state index >= 15 is 0 Å². The number of anilines is 1. The third-order valence-electron chi connectivity index (χ3n) is 8.81. The average Bonchev–Trinajstić information content (AvgIpc) is 3.38. The quantitative estimate of drug-likeness (QED) is 0.418. The number of aromatic nitrogens is 4. The maximum absolute atomic E-state index is 13.3. The molecule has 2 saturated carbocycles. The van der Waals surface area contributed by atoms with Crippen LogP contribution in [0.3, 0.4) is 0 Å². The topological polar surface area (TPSA) is 119 Å². The summed E-state index contributed by atoms with van der Waals surface area (Å²) in [6, 6.07) is 7.70. The second kappa shape index (κ2) is 11.1. The number of likely N-dealkylation sites (tertiary alicyclic amines) is 1. The van der Waals surface area contributed by atoms with E-state index in [1.807, 2.05) is 36.9 Å². The van der Waals surface area contributed by atoms with Crippen molar-refractivity contribution in [1.29, 1.82) is 0 Å². The number of nitrogens with zero attached hydrogens (tertiary/aromatic N) is 5. The van der Waals surface area contributed by atoms with Gasteiger partial charge in [0, 0.05) is 43.8 Å². The van der Waals surface area contributed by atoms with Gasteiger partial charge in [-0.2, -0.15) is 10.1 Å². The third-order valence-corrected chi connectivity index (χ3v) is 10.1. The van der Waals surface area contributed by atoms with Crippen molar-refractivity contribution in [2.24, 2.45) is 24.8 Å². The summed E-state index contributed by atoms with van der Waals surface area (Å²) >= 11 is 0. The number of carbonyl (C=O) groups excluding carboxylic acids is 1. The molecule has 3 atom stereocenters. The van der Waals surface area contributed by atoms with E-state index in [4.69, 9.17) is 4.74 Å². The maximum Gasteiger partial charge on any atom is 0.267 e. The van der Waals surface area contributed by atoms with Crippen LogP contribution in [0.4, 0.5) is 5.95 Å². The molecular weight excluding hydrogens is 540 g/mol. The van der Waals surface area contributed by atoms with Gasteiger partial charge < -0.3 is 9.64 Å². The van der Waals surface area contributed by atoms with Gasteiger partial charge in [-0.3, -0.25) is 9.48 Å². The van der Waals surface area contributed by atoms with Crippen LogP contribution >= 0.6 is 0 Å². The highest BCUT2D eigenvalue weighted by molar-refractivity contribution is 7.92. The predicted molar refractivity (Wildman–Crippen MR) is 155 cm³/mol. The molecule has 2 aromatic heterocycles. The highest BCUT2D eigenvalue weighted by Gasteiger charge is 2.49. The van der Waals surface area contributed by atoms with Crippen molar-refractivity contribution in [2.45, 2.75) is 69.8 Å². The third kappa shape index (κ3) is 5.95. The largest absolute Gasteiger partial charge is 0.472 e. The molecule has 3 aromatic rings. The first-order chi connectivity index (χ1) is 19.7. The zero-order chi connectivity index (χ0) is 28.7. The second-order valence-corrected chi connectivity index (χ2v) is 13.5. The average molecular weight is 579 g/mol. The maximum atomic E-state index is 13.3. The molecule has 1 aromatic carbocycles. The van der Waals surface area contributed by atoms with Crippen LogP contribution in [0.2, 0.25) is 0 Å². The normalized spacial score (nSPS) is 23.0. The van der Waals surface area contributed by atoms with E-state index in [1.54, 1.807) is 13.1 Å². The van der Waals surface area contributed by atoms with E-state index < -0.39 is 10.0 Å². The monoisotopic (exact) mass is 578 g/mol. The number of hydrogen-bond donors (Lipinski definition) is 1. The zero-order valence-electron chi connectivity index (χ0n) is 23.9. The highest BCUT2D eigenvalue weighted by Crippen LogP contribution is 2.50. The molecule has 1 N–H and O–H groups in total. The van der Waals surface area contributed by atoms with Gasteiger partial charge in [0.15, 0.2) is 0 Å². The van der Waals surface area contributed by atoms with Gasteiger partial charge in [0.25, 0.3) is 10.0 Å². The van der Waals surface area contributed by atoms with Crippen LogP contribution in [0.1, 0.15) is 56.1 Å². The summed E-state index contributed by atoms with van der Waals surface area (Å²) < 4.78 is 36.3. The smallest absolute Gasteiger partial charge is 0.267 e. The first kappa shape index (κ1) is 27.7. The molecule has 1 aliphatic heterocycles. The van der Waals surface area contributed by atoms with E-state index in [9.17, 15) is 13.2 Å². The Morgan fingerprint density at radius 3 is 2.54 bits per heavy atom. The molecule has 10 nitrogen and oxygen atoms in total. The van der Waals surface area contributed by atoms with Gasteiger partial charge >= 0.3 is 0 Å². The van der Waals surface area contributed by atoms with Crippen LogP contribution < -0.4 is 9.46 Å². The lowest BCUT2D eigenvalue weighted by Crippen LogP contribution is -2.33. The molecule has 3 fully saturated rings. The molecule has 11 heteroatoms. The summed E-state index contributed by atoms with van der Waals surface area (Å²) in [7, 11) is -2.31. The minimum Gasteiger partial charge on any atom is -0.472 e. The SMILES string of the molecule is Cc1cccc(C)c1-c1cc(OC2CCN(C(=O)C3CC3C3CCCCC3)C2)nc(NS(=O)(=O)c2cnn(C)c2)n1. The minimum atomic E-state index is -3.96. The summed E-state index contributed by atoms with van der Waals surface area (Å²) in [5, 5.41) is 3.97. The second-order valence-electron chi connectivity index (χ2n) is 11.9. The van der Waals surface area contributed by atoms with Crippen LogP contribution in [-0.4, -0.2) is 58.2 Å². The van der Waals surface area contributed by atoms with Gasteiger partial charge in [0.05, 0.1) is 18.4 Å². The van der Waals surface area contributed by atoms with Gasteiger partial charge in [0.2, 0.25) is 17.7 Å². The molecule has 2 aliphatic carbocycles. The first-order valence-corrected chi connectivity index (χ1v) is 16.1. The number of hydrogen-bond acceptors (Lipinski definition) is 7. The van der Waals surface area contributed by atoms with Gasteiger partial charge in [-0.15, -0.1) is 0 Å². The molecule has 41 heavy (non-hydrogen) atoms. The lowest BCUT2D eigenvalue weighted by Gasteiger charge is -2.22. The number of sulfonamides is 1. The molecule has 3 heterocycles.